The molecule has 116 valence electrons. The van der Waals surface area contributed by atoms with Gasteiger partial charge in [0.1, 0.15) is 5.60 Å². The first-order chi connectivity index (χ1) is 9.08. The van der Waals surface area contributed by atoms with Gasteiger partial charge in [0.2, 0.25) is 0 Å². The number of carbonyl (C=O) groups excluding carboxylic acids is 1. The summed E-state index contributed by atoms with van der Waals surface area (Å²) < 4.78 is 29.8. The number of rotatable bonds is 1. The van der Waals surface area contributed by atoms with Crippen LogP contribution < -0.4 is 0 Å². The molecule has 0 aromatic rings. The van der Waals surface area contributed by atoms with E-state index >= 15 is 0 Å². The molecule has 2 saturated heterocycles. The molecule has 2 heterocycles. The van der Waals surface area contributed by atoms with Gasteiger partial charge in [-0.1, -0.05) is 0 Å². The van der Waals surface area contributed by atoms with Crippen LogP contribution in [0.5, 0.6) is 0 Å². The first-order valence-corrected chi connectivity index (χ1v) is 9.04. The fourth-order valence-corrected chi connectivity index (χ4v) is 4.31. The molecule has 8 heteroatoms. The Morgan fingerprint density at radius 2 is 1.95 bits per heavy atom. The number of fused-ring (bicyclic) bond motifs is 1. The Morgan fingerprint density at radius 1 is 1.30 bits per heavy atom. The fraction of sp³-hybridized carbons (Fsp3) is 0.917. The predicted octanol–water partition coefficient (Wildman–Crippen LogP) is 1.80. The first kappa shape index (κ1) is 15.9. The van der Waals surface area contributed by atoms with Crippen molar-refractivity contribution < 1.29 is 17.9 Å². The third kappa shape index (κ3) is 3.56. The maximum atomic E-state index is 12.1. The average molecular weight is 325 g/mol. The summed E-state index contributed by atoms with van der Waals surface area (Å²) in [6, 6.07) is -0.223. The van der Waals surface area contributed by atoms with Crippen LogP contribution >= 0.6 is 10.7 Å². The second kappa shape index (κ2) is 5.35. The summed E-state index contributed by atoms with van der Waals surface area (Å²) in [6.45, 7) is 6.74. The summed E-state index contributed by atoms with van der Waals surface area (Å²) in [5.41, 5.74) is -0.552. The normalized spacial score (nSPS) is 28.3. The van der Waals surface area contributed by atoms with E-state index in [2.05, 4.69) is 0 Å². The van der Waals surface area contributed by atoms with Crippen molar-refractivity contribution in [2.75, 3.05) is 19.6 Å². The van der Waals surface area contributed by atoms with Crippen LogP contribution in [0.25, 0.3) is 0 Å². The van der Waals surface area contributed by atoms with E-state index in [1.165, 1.54) is 4.31 Å². The lowest BCUT2D eigenvalue weighted by Gasteiger charge is -2.33. The van der Waals surface area contributed by atoms with Crippen molar-refractivity contribution >= 4 is 26.0 Å². The monoisotopic (exact) mass is 324 g/mol. The molecule has 0 N–H and O–H groups in total. The Labute approximate surface area is 124 Å². The lowest BCUT2D eigenvalue weighted by Crippen LogP contribution is -2.46. The lowest BCUT2D eigenvalue weighted by atomic mass is 9.94. The van der Waals surface area contributed by atoms with Gasteiger partial charge in [-0.3, -0.25) is 0 Å². The summed E-state index contributed by atoms with van der Waals surface area (Å²) in [6.07, 6.45) is 1.29. The van der Waals surface area contributed by atoms with E-state index in [4.69, 9.17) is 15.4 Å². The minimum absolute atomic E-state index is 0.143. The average Bonchev–Trinajstić information content (AvgIpc) is 2.68. The molecule has 0 aliphatic carbocycles. The molecule has 0 spiro atoms. The fourth-order valence-electron chi connectivity index (χ4n) is 2.89. The molecule has 0 aromatic heterocycles. The number of likely N-dealkylation sites (tertiary alicyclic amines) is 1. The van der Waals surface area contributed by atoms with Crippen molar-refractivity contribution in [2.45, 2.75) is 45.3 Å². The maximum absolute atomic E-state index is 12.1. The van der Waals surface area contributed by atoms with Crippen molar-refractivity contribution in [2.24, 2.45) is 5.92 Å². The summed E-state index contributed by atoms with van der Waals surface area (Å²) in [4.78, 5) is 13.6. The minimum Gasteiger partial charge on any atom is -0.444 e. The predicted molar refractivity (Wildman–Crippen MR) is 75.8 cm³/mol. The van der Waals surface area contributed by atoms with E-state index in [1.54, 1.807) is 4.90 Å². The van der Waals surface area contributed by atoms with Gasteiger partial charge in [-0.05, 0) is 39.5 Å². The quantitative estimate of drug-likeness (QED) is 0.690. The van der Waals surface area contributed by atoms with Crippen LogP contribution in [0.4, 0.5) is 4.79 Å². The van der Waals surface area contributed by atoms with Gasteiger partial charge in [0.25, 0.3) is 9.24 Å². The van der Waals surface area contributed by atoms with Gasteiger partial charge in [-0.2, -0.15) is 12.7 Å². The molecule has 1 amide bonds. The molecule has 20 heavy (non-hydrogen) atoms. The van der Waals surface area contributed by atoms with E-state index < -0.39 is 14.8 Å². The molecule has 2 atom stereocenters. The van der Waals surface area contributed by atoms with Crippen LogP contribution in [-0.2, 0) is 14.0 Å². The molecule has 2 aliphatic heterocycles. The standard InChI is InChI=1S/C12H21ClN2O4S/c1-12(2,3)19-11(16)14-7-9-5-4-6-15(10(9)8-14)20(13,17)18/h9-10H,4-8H2,1-3H3/t9-,10+/m0/s1. The van der Waals surface area contributed by atoms with Gasteiger partial charge < -0.3 is 9.64 Å². The number of hydrogen-bond acceptors (Lipinski definition) is 4. The van der Waals surface area contributed by atoms with E-state index in [0.717, 1.165) is 12.8 Å². The van der Waals surface area contributed by atoms with Crippen molar-refractivity contribution in [3.63, 3.8) is 0 Å². The van der Waals surface area contributed by atoms with E-state index in [0.29, 0.717) is 19.6 Å². The largest absolute Gasteiger partial charge is 0.444 e. The Hall–Kier alpha value is -0.530. The van der Waals surface area contributed by atoms with E-state index in [-0.39, 0.29) is 18.1 Å². The van der Waals surface area contributed by atoms with Crippen LogP contribution in [-0.4, -0.2) is 55.0 Å². The molecule has 0 unspecified atom stereocenters. The molecule has 2 rings (SSSR count). The summed E-state index contributed by atoms with van der Waals surface area (Å²) >= 11 is 0. The molecule has 0 radical (unpaired) electrons. The highest BCUT2D eigenvalue weighted by Gasteiger charge is 2.45. The molecule has 0 bridgehead atoms. The van der Waals surface area contributed by atoms with Crippen LogP contribution in [0.15, 0.2) is 0 Å². The van der Waals surface area contributed by atoms with Gasteiger partial charge >= 0.3 is 6.09 Å². The highest BCUT2D eigenvalue weighted by molar-refractivity contribution is 8.11. The number of hydrogen-bond donors (Lipinski definition) is 0. The maximum Gasteiger partial charge on any atom is 0.410 e. The minimum atomic E-state index is -3.74. The van der Waals surface area contributed by atoms with Gasteiger partial charge in [0.05, 0.1) is 0 Å². The van der Waals surface area contributed by atoms with Gasteiger partial charge in [-0.15, -0.1) is 0 Å². The summed E-state index contributed by atoms with van der Waals surface area (Å²) in [7, 11) is 1.74. The second-order valence-electron chi connectivity index (χ2n) is 6.41. The van der Waals surface area contributed by atoms with Crippen LogP contribution in [0.3, 0.4) is 0 Å². The van der Waals surface area contributed by atoms with Gasteiger partial charge in [-0.25, -0.2) is 4.79 Å². The molecular weight excluding hydrogens is 304 g/mol. The highest BCUT2D eigenvalue weighted by atomic mass is 35.7. The number of nitrogens with zero attached hydrogens (tertiary/aromatic N) is 2. The van der Waals surface area contributed by atoms with Crippen molar-refractivity contribution in [3.8, 4) is 0 Å². The Bertz CT molecular complexity index is 488. The zero-order valence-electron chi connectivity index (χ0n) is 12.0. The molecule has 6 nitrogen and oxygen atoms in total. The SMILES string of the molecule is CC(C)(C)OC(=O)N1C[C@@H]2CCCN(S(=O)(=O)Cl)[C@@H]2C1. The number of halogens is 1. The Morgan fingerprint density at radius 3 is 2.50 bits per heavy atom. The summed E-state index contributed by atoms with van der Waals surface area (Å²) in [5, 5.41) is 0. The van der Waals surface area contributed by atoms with Crippen LogP contribution in [0.1, 0.15) is 33.6 Å². The first-order valence-electron chi connectivity index (χ1n) is 6.77. The van der Waals surface area contributed by atoms with E-state index in [1.807, 2.05) is 20.8 Å². The molecule has 0 aromatic carbocycles. The number of amides is 1. The zero-order valence-corrected chi connectivity index (χ0v) is 13.6. The van der Waals surface area contributed by atoms with Crippen LogP contribution in [0, 0.1) is 5.92 Å². The second-order valence-corrected chi connectivity index (χ2v) is 8.87. The van der Waals surface area contributed by atoms with Crippen LogP contribution in [0.2, 0.25) is 0 Å². The summed E-state index contributed by atoms with van der Waals surface area (Å²) in [5.74, 6) is 0.143. The van der Waals surface area contributed by atoms with Crippen molar-refractivity contribution in [1.82, 2.24) is 9.21 Å². The highest BCUT2D eigenvalue weighted by Crippen LogP contribution is 2.33. The lowest BCUT2D eigenvalue weighted by molar-refractivity contribution is 0.0284. The molecule has 2 fully saturated rings. The molecular formula is C12H21ClN2O4S. The topological polar surface area (TPSA) is 66.9 Å². The van der Waals surface area contributed by atoms with Gasteiger partial charge in [0.15, 0.2) is 0 Å². The smallest absolute Gasteiger partial charge is 0.410 e. The molecule has 2 aliphatic rings. The Balaban J connectivity index is 2.08. The van der Waals surface area contributed by atoms with Crippen molar-refractivity contribution in [1.29, 1.82) is 0 Å². The molecule has 0 saturated carbocycles. The third-order valence-electron chi connectivity index (χ3n) is 3.66. The van der Waals surface area contributed by atoms with Gasteiger partial charge in [0, 0.05) is 36.4 Å². The third-order valence-corrected chi connectivity index (χ3v) is 5.21. The number of ether oxygens (including phenoxy) is 1. The zero-order chi connectivity index (χ0) is 15.1. The van der Waals surface area contributed by atoms with E-state index in [9.17, 15) is 13.2 Å². The number of piperidine rings is 1. The Kier molecular flexibility index (Phi) is 4.24. The number of carbonyl (C=O) groups is 1. The van der Waals surface area contributed by atoms with Crippen molar-refractivity contribution in [3.05, 3.63) is 0 Å².